The molecular weight excluding hydrogens is 293 g/mol. The fraction of sp³-hybridized carbons (Fsp3) is 0.500. The van der Waals surface area contributed by atoms with E-state index in [0.29, 0.717) is 12.8 Å². The number of hydrogen-bond acceptors (Lipinski definition) is 3. The summed E-state index contributed by atoms with van der Waals surface area (Å²) < 4.78 is 39.2. The Labute approximate surface area is 116 Å². The van der Waals surface area contributed by atoms with Gasteiger partial charge < -0.3 is 5.11 Å². The van der Waals surface area contributed by atoms with E-state index in [9.17, 15) is 17.9 Å². The Morgan fingerprint density at radius 1 is 1.47 bits per heavy atom. The van der Waals surface area contributed by atoms with Crippen LogP contribution in [0.5, 0.6) is 0 Å². The van der Waals surface area contributed by atoms with Crippen molar-refractivity contribution in [3.63, 3.8) is 0 Å². The highest BCUT2D eigenvalue weighted by Crippen LogP contribution is 2.29. The maximum Gasteiger partial charge on any atom is 0.245 e. The van der Waals surface area contributed by atoms with E-state index in [4.69, 9.17) is 11.6 Å². The van der Waals surface area contributed by atoms with Crippen molar-refractivity contribution in [3.8, 4) is 0 Å². The van der Waals surface area contributed by atoms with Gasteiger partial charge in [-0.05, 0) is 37.0 Å². The number of aliphatic hydroxyl groups excluding tert-OH is 1. The Balaban J connectivity index is 2.16. The highest BCUT2D eigenvalue weighted by atomic mass is 35.5. The molecule has 1 aromatic carbocycles. The van der Waals surface area contributed by atoms with Crippen LogP contribution in [0.15, 0.2) is 23.1 Å². The molecule has 1 aliphatic carbocycles. The number of aliphatic hydroxyl groups is 1. The highest BCUT2D eigenvalue weighted by molar-refractivity contribution is 7.89. The molecule has 0 unspecified atom stereocenters. The van der Waals surface area contributed by atoms with E-state index in [-0.39, 0.29) is 28.5 Å². The van der Waals surface area contributed by atoms with Crippen molar-refractivity contribution in [3.05, 3.63) is 29.0 Å². The molecule has 0 atom stereocenters. The summed E-state index contributed by atoms with van der Waals surface area (Å²) in [6, 6.07) is 3.49. The van der Waals surface area contributed by atoms with Crippen LogP contribution in [-0.2, 0) is 10.0 Å². The number of sulfonamides is 1. The number of benzene rings is 1. The predicted octanol–water partition coefficient (Wildman–Crippen LogP) is 1.87. The molecule has 19 heavy (non-hydrogen) atoms. The first-order valence-corrected chi connectivity index (χ1v) is 7.72. The molecule has 1 saturated carbocycles. The molecule has 106 valence electrons. The Kier molecular flexibility index (Phi) is 4.15. The summed E-state index contributed by atoms with van der Waals surface area (Å²) in [7, 11) is -2.45. The molecule has 0 saturated heterocycles. The van der Waals surface area contributed by atoms with Crippen molar-refractivity contribution in [1.82, 2.24) is 4.31 Å². The summed E-state index contributed by atoms with van der Waals surface area (Å²) in [4.78, 5) is -0.376. The summed E-state index contributed by atoms with van der Waals surface area (Å²) in [5, 5.41) is 9.34. The normalized spacial score (nSPS) is 23.4. The first kappa shape index (κ1) is 14.7. The monoisotopic (exact) mass is 307 g/mol. The maximum atomic E-state index is 13.7. The summed E-state index contributed by atoms with van der Waals surface area (Å²) in [5.41, 5.74) is 0. The quantitative estimate of drug-likeness (QED) is 0.924. The SMILES string of the molecule is CN(CC1CC(O)C1)S(=O)(=O)c1ccc(Cl)cc1F. The van der Waals surface area contributed by atoms with Crippen molar-refractivity contribution in [2.75, 3.05) is 13.6 Å². The van der Waals surface area contributed by atoms with Gasteiger partial charge in [0.1, 0.15) is 10.7 Å². The molecule has 0 aromatic heterocycles. The highest BCUT2D eigenvalue weighted by Gasteiger charge is 2.32. The van der Waals surface area contributed by atoms with Gasteiger partial charge in [0.05, 0.1) is 6.10 Å². The van der Waals surface area contributed by atoms with Crippen LogP contribution >= 0.6 is 11.6 Å². The van der Waals surface area contributed by atoms with Crippen molar-refractivity contribution in [2.24, 2.45) is 5.92 Å². The Morgan fingerprint density at radius 3 is 2.63 bits per heavy atom. The maximum absolute atomic E-state index is 13.7. The minimum absolute atomic E-state index is 0.130. The summed E-state index contributed by atoms with van der Waals surface area (Å²) in [6.45, 7) is 0.279. The molecule has 4 nitrogen and oxygen atoms in total. The Morgan fingerprint density at radius 2 is 2.11 bits per heavy atom. The van der Waals surface area contributed by atoms with Gasteiger partial charge in [0.2, 0.25) is 10.0 Å². The lowest BCUT2D eigenvalue weighted by atomic mass is 9.82. The lowest BCUT2D eigenvalue weighted by Crippen LogP contribution is -2.39. The van der Waals surface area contributed by atoms with Crippen LogP contribution in [0.3, 0.4) is 0 Å². The van der Waals surface area contributed by atoms with Gasteiger partial charge >= 0.3 is 0 Å². The standard InChI is InChI=1S/C12H15ClFNO3S/c1-15(7-8-4-10(16)5-8)19(17,18)12-3-2-9(13)6-11(12)14/h2-3,6,8,10,16H,4-5,7H2,1H3. The average Bonchev–Trinajstić information content (AvgIpc) is 2.26. The minimum atomic E-state index is -3.86. The lowest BCUT2D eigenvalue weighted by Gasteiger charge is -2.34. The lowest BCUT2D eigenvalue weighted by molar-refractivity contribution is 0.0367. The van der Waals surface area contributed by atoms with Gasteiger partial charge in [0.25, 0.3) is 0 Å². The third-order valence-corrected chi connectivity index (χ3v) is 5.40. The summed E-state index contributed by atoms with van der Waals surface area (Å²) in [5.74, 6) is -0.724. The van der Waals surface area contributed by atoms with E-state index in [1.54, 1.807) is 0 Å². The number of halogens is 2. The second-order valence-corrected chi connectivity index (χ2v) is 7.30. The first-order chi connectivity index (χ1) is 8.80. The van der Waals surface area contributed by atoms with E-state index >= 15 is 0 Å². The smallest absolute Gasteiger partial charge is 0.245 e. The Hall–Kier alpha value is -0.690. The molecule has 1 aliphatic rings. The third-order valence-electron chi connectivity index (χ3n) is 3.31. The van der Waals surface area contributed by atoms with Crippen molar-refractivity contribution >= 4 is 21.6 Å². The van der Waals surface area contributed by atoms with Crippen molar-refractivity contribution in [1.29, 1.82) is 0 Å². The van der Waals surface area contributed by atoms with Crippen LogP contribution < -0.4 is 0 Å². The van der Waals surface area contributed by atoms with Crippen molar-refractivity contribution in [2.45, 2.75) is 23.8 Å². The van der Waals surface area contributed by atoms with Crippen LogP contribution in [0.1, 0.15) is 12.8 Å². The van der Waals surface area contributed by atoms with Gasteiger partial charge in [0, 0.05) is 18.6 Å². The Bertz CT molecular complexity index is 572. The van der Waals surface area contributed by atoms with Gasteiger partial charge in [-0.1, -0.05) is 11.6 Å². The number of nitrogens with zero attached hydrogens (tertiary/aromatic N) is 1. The van der Waals surface area contributed by atoms with Gasteiger partial charge in [-0.15, -0.1) is 0 Å². The fourth-order valence-corrected chi connectivity index (χ4v) is 3.61. The zero-order valence-corrected chi connectivity index (χ0v) is 12.0. The van der Waals surface area contributed by atoms with Gasteiger partial charge in [-0.3, -0.25) is 0 Å². The van der Waals surface area contributed by atoms with Gasteiger partial charge in [-0.25, -0.2) is 17.1 Å². The van der Waals surface area contributed by atoms with E-state index < -0.39 is 15.8 Å². The predicted molar refractivity (Wildman–Crippen MR) is 70.0 cm³/mol. The second-order valence-electron chi connectivity index (χ2n) is 4.85. The molecule has 1 N–H and O–H groups in total. The average molecular weight is 308 g/mol. The molecule has 0 heterocycles. The molecule has 1 fully saturated rings. The molecule has 7 heteroatoms. The van der Waals surface area contributed by atoms with Crippen LogP contribution in [0.25, 0.3) is 0 Å². The van der Waals surface area contributed by atoms with E-state index in [2.05, 4.69) is 0 Å². The second kappa shape index (κ2) is 5.36. The molecule has 0 amide bonds. The van der Waals surface area contributed by atoms with Gasteiger partial charge in [0.15, 0.2) is 0 Å². The largest absolute Gasteiger partial charge is 0.393 e. The molecule has 0 aliphatic heterocycles. The first-order valence-electron chi connectivity index (χ1n) is 5.90. The van der Waals surface area contributed by atoms with Crippen molar-refractivity contribution < 1.29 is 17.9 Å². The zero-order valence-electron chi connectivity index (χ0n) is 10.4. The van der Waals surface area contributed by atoms with E-state index in [1.165, 1.54) is 19.2 Å². The summed E-state index contributed by atoms with van der Waals surface area (Å²) >= 11 is 5.60. The topological polar surface area (TPSA) is 57.6 Å². The van der Waals surface area contributed by atoms with Crippen LogP contribution in [0.2, 0.25) is 5.02 Å². The van der Waals surface area contributed by atoms with Gasteiger partial charge in [-0.2, -0.15) is 0 Å². The van der Waals surface area contributed by atoms with Crippen LogP contribution in [0, 0.1) is 11.7 Å². The third kappa shape index (κ3) is 3.08. The molecule has 2 rings (SSSR count). The van der Waals surface area contributed by atoms with E-state index in [0.717, 1.165) is 10.4 Å². The minimum Gasteiger partial charge on any atom is -0.393 e. The fourth-order valence-electron chi connectivity index (χ4n) is 2.16. The molecule has 0 spiro atoms. The number of rotatable bonds is 4. The zero-order chi connectivity index (χ0) is 14.2. The number of hydrogen-bond donors (Lipinski definition) is 1. The van der Waals surface area contributed by atoms with E-state index in [1.807, 2.05) is 0 Å². The van der Waals surface area contributed by atoms with Crippen LogP contribution in [0.4, 0.5) is 4.39 Å². The summed E-state index contributed by atoms with van der Waals surface area (Å²) in [6.07, 6.45) is 0.833. The van der Waals surface area contributed by atoms with Crippen LogP contribution in [-0.4, -0.2) is 37.5 Å². The molecule has 1 aromatic rings. The molecular formula is C12H15ClFNO3S. The molecule has 0 radical (unpaired) electrons. The molecule has 0 bridgehead atoms.